The molecule has 4 heteroatoms. The average molecular weight is 754 g/mol. The molecule has 219 valence electrons. The number of pyridine rings is 2. The first-order valence-corrected chi connectivity index (χ1v) is 14.3. The number of rotatable bonds is 2. The first kappa shape index (κ1) is 24.0. The van der Waals surface area contributed by atoms with E-state index in [1.807, 2.05) is 91.0 Å². The van der Waals surface area contributed by atoms with Crippen molar-refractivity contribution >= 4 is 54.4 Å². The second-order valence-corrected chi connectivity index (χ2v) is 11.6. The van der Waals surface area contributed by atoms with Gasteiger partial charge in [-0.2, -0.15) is 0 Å². The van der Waals surface area contributed by atoms with E-state index < -0.39 is 18.6 Å². The first-order valence-electron chi connectivity index (χ1n) is 16.8. The van der Waals surface area contributed by atoms with Crippen molar-refractivity contribution in [3.8, 4) is 11.3 Å². The van der Waals surface area contributed by atoms with Gasteiger partial charge in [0.1, 0.15) is 11.2 Å². The average Bonchev–Trinajstić information content (AvgIpc) is 3.47. The number of hydrogen-bond acceptors (Lipinski definition) is 3. The fourth-order valence-electron chi connectivity index (χ4n) is 5.65. The molecule has 0 aliphatic carbocycles. The number of aryl methyl sites for hydroxylation is 1. The van der Waals surface area contributed by atoms with Crippen LogP contribution in [0.15, 0.2) is 114 Å². The van der Waals surface area contributed by atoms with E-state index in [-0.39, 0.29) is 31.2 Å². The molecule has 0 N–H and O–H groups in total. The minimum absolute atomic E-state index is 0. The Kier molecular flexibility index (Phi) is 6.53. The normalized spacial score (nSPS) is 13.8. The van der Waals surface area contributed by atoms with Crippen molar-refractivity contribution < 1.29 is 31.4 Å². The van der Waals surface area contributed by atoms with E-state index in [0.29, 0.717) is 27.3 Å². The largest absolute Gasteiger partial charge is 0.456 e. The summed E-state index contributed by atoms with van der Waals surface area (Å²) in [7, 11) is 0. The molecule has 3 heterocycles. The summed E-state index contributed by atoms with van der Waals surface area (Å²) in [6.07, 6.45) is 1.13. The monoisotopic (exact) mass is 754 g/mol. The van der Waals surface area contributed by atoms with E-state index in [2.05, 4.69) is 22.1 Å². The SMILES string of the molecule is [2H]C([2H])([2H])c1cnc2c3[c-]cccc3c3c(ccc4c5ccccc5oc43)c2c1C([2H])([2H])C(C)(C)C.[Ir].[c-]1ccccc1-c1ccccn1. The third-order valence-electron chi connectivity index (χ3n) is 7.41. The molecule has 0 aliphatic heterocycles. The molecule has 0 spiro atoms. The summed E-state index contributed by atoms with van der Waals surface area (Å²) in [5.41, 5.74) is 3.18. The number of fused-ring (bicyclic) bond motifs is 10. The molecule has 0 bridgehead atoms. The molecule has 3 nitrogen and oxygen atoms in total. The predicted molar refractivity (Wildman–Crippen MR) is 179 cm³/mol. The van der Waals surface area contributed by atoms with Gasteiger partial charge in [-0.1, -0.05) is 62.6 Å². The number of para-hydroxylation sites is 1. The van der Waals surface area contributed by atoms with Crippen LogP contribution in [-0.2, 0) is 26.5 Å². The predicted octanol–water partition coefficient (Wildman–Crippen LogP) is 10.7. The van der Waals surface area contributed by atoms with Crippen LogP contribution < -0.4 is 0 Å². The molecule has 44 heavy (non-hydrogen) atoms. The minimum Gasteiger partial charge on any atom is -0.456 e. The summed E-state index contributed by atoms with van der Waals surface area (Å²) < 4.78 is 49.5. The number of furan rings is 1. The maximum absolute atomic E-state index is 9.21. The molecule has 3 aromatic heterocycles. The van der Waals surface area contributed by atoms with E-state index in [4.69, 9.17) is 8.53 Å². The zero-order chi connectivity index (χ0) is 33.8. The van der Waals surface area contributed by atoms with Gasteiger partial charge in [-0.3, -0.25) is 0 Å². The van der Waals surface area contributed by atoms with Crippen molar-refractivity contribution in [2.24, 2.45) is 5.41 Å². The zero-order valence-electron chi connectivity index (χ0n) is 29.5. The van der Waals surface area contributed by atoms with Crippen LogP contribution in [0.25, 0.3) is 65.6 Å². The van der Waals surface area contributed by atoms with Gasteiger partial charge in [0.2, 0.25) is 0 Å². The van der Waals surface area contributed by atoms with E-state index in [1.165, 1.54) is 6.20 Å². The van der Waals surface area contributed by atoms with Gasteiger partial charge in [0, 0.05) is 50.1 Å². The minimum atomic E-state index is -2.54. The molecule has 8 rings (SSSR count). The summed E-state index contributed by atoms with van der Waals surface area (Å²) >= 11 is 0. The zero-order valence-corrected chi connectivity index (χ0v) is 26.9. The third-order valence-corrected chi connectivity index (χ3v) is 7.41. The van der Waals surface area contributed by atoms with Gasteiger partial charge >= 0.3 is 0 Å². The standard InChI is InChI=1S/C29H24NO.C11H8N.Ir/c1-17-16-30-27-20-11-6-5-10-19(20)26-22(25(27)23(17)15-29(2,3)4)14-13-21-18-9-7-8-12-24(18)31-28(21)26;1-2-6-10(7-3-1)11-8-4-5-9-12-11;/h5-10,12-14,16H,15H2,1-4H3;1-6,8-9H;/q2*-1;/i1D3,15D2;;. The Bertz CT molecular complexity index is 2410. The Labute approximate surface area is 278 Å². The molecular weight excluding hydrogens is 717 g/mol. The number of nitrogens with zero attached hydrogens (tertiary/aromatic N) is 2. The smallest absolute Gasteiger partial charge is 0.135 e. The summed E-state index contributed by atoms with van der Waals surface area (Å²) in [5.74, 6) is 0. The molecule has 0 amide bonds. The van der Waals surface area contributed by atoms with E-state index >= 15 is 0 Å². The second kappa shape index (κ2) is 12.0. The van der Waals surface area contributed by atoms with Gasteiger partial charge < -0.3 is 14.4 Å². The van der Waals surface area contributed by atoms with Gasteiger partial charge in [0.05, 0.1) is 0 Å². The van der Waals surface area contributed by atoms with Crippen LogP contribution in [-0.4, -0.2) is 9.97 Å². The third kappa shape index (κ3) is 5.41. The molecule has 0 atom stereocenters. The topological polar surface area (TPSA) is 38.9 Å². The van der Waals surface area contributed by atoms with Crippen LogP contribution in [0.5, 0.6) is 0 Å². The fraction of sp³-hybridized carbons (Fsp3) is 0.150. The molecule has 1 radical (unpaired) electrons. The van der Waals surface area contributed by atoms with Crippen molar-refractivity contribution in [1.82, 2.24) is 9.97 Å². The van der Waals surface area contributed by atoms with Crippen molar-refractivity contribution in [3.63, 3.8) is 0 Å². The maximum Gasteiger partial charge on any atom is 0.135 e. The van der Waals surface area contributed by atoms with Gasteiger partial charge in [0.25, 0.3) is 0 Å². The quantitative estimate of drug-likeness (QED) is 0.130. The summed E-state index contributed by atoms with van der Waals surface area (Å²) in [5, 5.41) is 5.53. The van der Waals surface area contributed by atoms with E-state index in [0.717, 1.165) is 38.4 Å². The van der Waals surface area contributed by atoms with Gasteiger partial charge in [-0.25, -0.2) is 0 Å². The number of aromatic nitrogens is 2. The Morgan fingerprint density at radius 1 is 0.773 bits per heavy atom. The Morgan fingerprint density at radius 3 is 2.32 bits per heavy atom. The fourth-order valence-corrected chi connectivity index (χ4v) is 5.65. The molecule has 0 aliphatic rings. The Morgan fingerprint density at radius 2 is 1.55 bits per heavy atom. The van der Waals surface area contributed by atoms with Gasteiger partial charge in [-0.15, -0.1) is 65.5 Å². The van der Waals surface area contributed by atoms with Crippen LogP contribution in [0, 0.1) is 24.4 Å². The number of hydrogen-bond donors (Lipinski definition) is 0. The summed E-state index contributed by atoms with van der Waals surface area (Å²) in [6, 6.07) is 37.5. The molecule has 0 unspecified atom stereocenters. The molecule has 0 fully saturated rings. The maximum atomic E-state index is 9.21. The first-order chi connectivity index (χ1) is 22.9. The van der Waals surface area contributed by atoms with Crippen molar-refractivity contribution in [2.45, 2.75) is 34.0 Å². The van der Waals surface area contributed by atoms with Gasteiger partial charge in [-0.05, 0) is 75.3 Å². The summed E-state index contributed by atoms with van der Waals surface area (Å²) in [6.45, 7) is 2.82. The van der Waals surface area contributed by atoms with Crippen LogP contribution >= 0.6 is 0 Å². The molecule has 8 aromatic rings. The second-order valence-electron chi connectivity index (χ2n) is 11.6. The Balaban J connectivity index is 0.000000270. The van der Waals surface area contributed by atoms with Gasteiger partial charge in [0.15, 0.2) is 0 Å². The van der Waals surface area contributed by atoms with Crippen LogP contribution in [0.1, 0.15) is 38.8 Å². The molecule has 0 saturated carbocycles. The molecular formula is C40H32IrN2O-2. The van der Waals surface area contributed by atoms with Crippen LogP contribution in [0.2, 0.25) is 0 Å². The van der Waals surface area contributed by atoms with Crippen LogP contribution in [0.4, 0.5) is 0 Å². The Hall–Kier alpha value is -4.37. The van der Waals surface area contributed by atoms with Crippen molar-refractivity contribution in [1.29, 1.82) is 0 Å². The van der Waals surface area contributed by atoms with Crippen molar-refractivity contribution in [3.05, 3.63) is 133 Å². The van der Waals surface area contributed by atoms with E-state index in [1.54, 1.807) is 33.0 Å². The molecule has 5 aromatic carbocycles. The summed E-state index contributed by atoms with van der Waals surface area (Å²) in [4.78, 5) is 8.83. The van der Waals surface area contributed by atoms with Crippen LogP contribution in [0.3, 0.4) is 0 Å². The molecule has 0 saturated heterocycles. The van der Waals surface area contributed by atoms with Crippen molar-refractivity contribution in [2.75, 3.05) is 0 Å². The number of benzene rings is 5. The van der Waals surface area contributed by atoms with E-state index in [9.17, 15) is 2.74 Å².